The predicted molar refractivity (Wildman–Crippen MR) is 368 cm³/mol. The topological polar surface area (TPSA) is 45.7 Å². The van der Waals surface area contributed by atoms with Gasteiger partial charge in [0, 0.05) is 85.5 Å². The van der Waals surface area contributed by atoms with E-state index < -0.39 is 11.8 Å². The molecule has 5 heterocycles. The molecule has 0 aliphatic rings. The van der Waals surface area contributed by atoms with Gasteiger partial charge < -0.3 is 23.0 Å². The van der Waals surface area contributed by atoms with Crippen molar-refractivity contribution in [3.63, 3.8) is 0 Å². The zero-order valence-corrected chi connectivity index (χ0v) is 52.3. The number of benzene rings is 12. The number of aromatic nitrogens is 6. The van der Waals surface area contributed by atoms with Gasteiger partial charge in [0.05, 0.1) is 38.8 Å². The fourth-order valence-electron chi connectivity index (χ4n) is 13.4. The van der Waals surface area contributed by atoms with E-state index in [4.69, 9.17) is 9.72 Å². The third-order valence-corrected chi connectivity index (χ3v) is 17.2. The van der Waals surface area contributed by atoms with Gasteiger partial charge in [0.25, 0.3) is 6.33 Å². The first-order valence-corrected chi connectivity index (χ1v) is 30.5. The monoisotopic (exact) mass is 1350 g/mol. The van der Waals surface area contributed by atoms with Gasteiger partial charge in [-0.2, -0.15) is 18.2 Å². The van der Waals surface area contributed by atoms with Crippen LogP contribution in [0.2, 0.25) is 0 Å². The first kappa shape index (κ1) is 53.2. The van der Waals surface area contributed by atoms with Gasteiger partial charge in [-0.05, 0) is 129 Å². The van der Waals surface area contributed by atoms with Crippen molar-refractivity contribution in [2.45, 2.75) is 27.1 Å². The first-order chi connectivity index (χ1) is 45.0. The van der Waals surface area contributed by atoms with Crippen molar-refractivity contribution in [3.05, 3.63) is 309 Å². The number of pyridine rings is 1. The minimum atomic E-state index is -1.87. The standard InChI is InChI=1S/C83H58N6O.Pt/c1-83(2,3)52-60-48-82(84-53-73(60)59-46-63(87-74-34-15-10-29-67(74)68-30-11-16-35-75(68)87)49-64(47-59)88-76-36-17-12-31-69(76)70-32-13-18-37-77(70)88)89-78-38-19-14-33-71(78)72-42-41-66(51-81(72)89)90-65-28-22-27-61(50-65)85-54-86(80-40-21-20-39-79(80)85)62-44-57(55-23-6-4-7-24-55)43-58(45-62)56-25-8-5-9-26-56;/h4-49,53H,52H2,1-3H3;/q-2;/i52D2;. The minimum Gasteiger partial charge on any atom is -0.510 e. The molecule has 0 bridgehead atoms. The summed E-state index contributed by atoms with van der Waals surface area (Å²) in [6.45, 7) is 5.92. The summed E-state index contributed by atoms with van der Waals surface area (Å²) in [6.07, 6.45) is 3.73. The van der Waals surface area contributed by atoms with Crippen LogP contribution in [0.5, 0.6) is 11.5 Å². The number of imidazole rings is 1. The maximum atomic E-state index is 10.3. The number of hydrogen-bond donors (Lipinski definition) is 0. The van der Waals surface area contributed by atoms with Crippen LogP contribution in [0.1, 0.15) is 29.1 Å². The maximum absolute atomic E-state index is 10.3. The Hall–Kier alpha value is -10.9. The van der Waals surface area contributed by atoms with E-state index in [1.165, 1.54) is 0 Å². The molecule has 0 aliphatic carbocycles. The van der Waals surface area contributed by atoms with Crippen LogP contribution in [0.3, 0.4) is 0 Å². The zero-order chi connectivity index (χ0) is 61.8. The van der Waals surface area contributed by atoms with Crippen LogP contribution in [0.15, 0.2) is 285 Å². The SMILES string of the molecule is [2H]C([2H])(c1cc(-n2c3[c-]c(Oc4[c-]c(-n5[c-][n+](-c6cc(-c7ccccc7)cc(-c7ccccc7)c6)c6ccccc65)ccc4)ccc3c3ccccc32)ncc1-c1cc(-n2c3ccccc3c3ccccc32)cc(-n2c3ccccc3c3ccccc32)c1)C(C)(C)C.[Pt]. The Kier molecular flexibility index (Phi) is 13.1. The molecule has 0 saturated heterocycles. The predicted octanol–water partition coefficient (Wildman–Crippen LogP) is 20.4. The molecule has 0 atom stereocenters. The van der Waals surface area contributed by atoms with Gasteiger partial charge in [-0.15, -0.1) is 29.7 Å². The van der Waals surface area contributed by atoms with E-state index in [2.05, 4.69) is 255 Å². The third-order valence-electron chi connectivity index (χ3n) is 17.2. The molecular formula is C83H58N6OPt-2. The summed E-state index contributed by atoms with van der Waals surface area (Å²) in [4.78, 5) is 5.39. The largest absolute Gasteiger partial charge is 0.510 e. The van der Waals surface area contributed by atoms with Crippen molar-refractivity contribution < 1.29 is 33.1 Å². The van der Waals surface area contributed by atoms with E-state index in [0.29, 0.717) is 28.4 Å². The molecule has 438 valence electrons. The average molecular weight is 1350 g/mol. The van der Waals surface area contributed by atoms with Crippen molar-refractivity contribution in [2.75, 3.05) is 0 Å². The van der Waals surface area contributed by atoms with Gasteiger partial charge in [-0.3, -0.25) is 4.57 Å². The van der Waals surface area contributed by atoms with Crippen LogP contribution >= 0.6 is 0 Å². The summed E-state index contributed by atoms with van der Waals surface area (Å²) in [7, 11) is 0. The number of nitrogens with zero attached hydrogens (tertiary/aromatic N) is 6. The summed E-state index contributed by atoms with van der Waals surface area (Å²) in [5.74, 6) is 1.54. The van der Waals surface area contributed by atoms with Crippen molar-refractivity contribution in [2.24, 2.45) is 5.41 Å². The molecule has 0 spiro atoms. The Labute approximate surface area is 544 Å². The number of rotatable bonds is 11. The number of para-hydroxylation sites is 7. The Balaban J connectivity index is 0.00000686. The number of hydrogen-bond acceptors (Lipinski definition) is 2. The maximum Gasteiger partial charge on any atom is 0.268 e. The molecule has 91 heavy (non-hydrogen) atoms. The van der Waals surface area contributed by atoms with E-state index in [1.807, 2.05) is 92.2 Å². The number of ether oxygens (including phenoxy) is 1. The van der Waals surface area contributed by atoms with Crippen LogP contribution in [0.4, 0.5) is 0 Å². The summed E-state index contributed by atoms with van der Waals surface area (Å²) in [5.41, 5.74) is 17.2. The van der Waals surface area contributed by atoms with Gasteiger partial charge in [-0.1, -0.05) is 202 Å². The molecule has 17 rings (SSSR count). The normalized spacial score (nSPS) is 12.3. The van der Waals surface area contributed by atoms with Gasteiger partial charge in [0.1, 0.15) is 5.82 Å². The van der Waals surface area contributed by atoms with E-state index in [-0.39, 0.29) is 21.1 Å². The molecule has 8 heteroatoms. The van der Waals surface area contributed by atoms with Crippen molar-refractivity contribution in [3.8, 4) is 73.4 Å². The van der Waals surface area contributed by atoms with Crippen LogP contribution in [-0.4, -0.2) is 23.3 Å². The molecule has 0 amide bonds. The molecule has 0 aliphatic heterocycles. The molecule has 0 saturated carbocycles. The van der Waals surface area contributed by atoms with Crippen molar-refractivity contribution >= 4 is 76.5 Å². The zero-order valence-electron chi connectivity index (χ0n) is 52.0. The summed E-state index contributed by atoms with van der Waals surface area (Å²) in [5, 5.41) is 6.59. The second-order valence-electron chi connectivity index (χ2n) is 24.1. The smallest absolute Gasteiger partial charge is 0.268 e. The van der Waals surface area contributed by atoms with Crippen LogP contribution in [-0.2, 0) is 27.4 Å². The number of fused-ring (bicyclic) bond motifs is 10. The van der Waals surface area contributed by atoms with Gasteiger partial charge in [0.15, 0.2) is 0 Å². The third kappa shape index (κ3) is 9.72. The van der Waals surface area contributed by atoms with E-state index in [9.17, 15) is 2.74 Å². The Morgan fingerprint density at radius 3 is 1.46 bits per heavy atom. The van der Waals surface area contributed by atoms with Gasteiger partial charge >= 0.3 is 0 Å². The average Bonchev–Trinajstić information content (AvgIpc) is 1.67. The summed E-state index contributed by atoms with van der Waals surface area (Å²) >= 11 is 0. The quantitative estimate of drug-likeness (QED) is 0.0957. The fourth-order valence-corrected chi connectivity index (χ4v) is 13.4. The van der Waals surface area contributed by atoms with Crippen LogP contribution < -0.4 is 9.30 Å². The molecule has 7 nitrogen and oxygen atoms in total. The molecule has 0 fully saturated rings. The van der Waals surface area contributed by atoms with Gasteiger partial charge in [-0.25, -0.2) is 4.98 Å². The second-order valence-corrected chi connectivity index (χ2v) is 24.1. The van der Waals surface area contributed by atoms with Crippen molar-refractivity contribution in [1.82, 2.24) is 23.3 Å². The Morgan fingerprint density at radius 2 is 0.912 bits per heavy atom. The summed E-state index contributed by atoms with van der Waals surface area (Å²) in [6, 6.07) is 104. The Morgan fingerprint density at radius 1 is 0.429 bits per heavy atom. The Bertz CT molecular complexity index is 5480. The molecule has 12 aromatic carbocycles. The second kappa shape index (κ2) is 22.3. The van der Waals surface area contributed by atoms with E-state index in [1.54, 1.807) is 0 Å². The first-order valence-electron chi connectivity index (χ1n) is 31.5. The molecule has 0 unspecified atom stereocenters. The van der Waals surface area contributed by atoms with Crippen molar-refractivity contribution in [1.29, 1.82) is 0 Å². The minimum absolute atomic E-state index is 0. The fraction of sp³-hybridized carbons (Fsp3) is 0.0602. The molecular weight excluding hydrogens is 1290 g/mol. The van der Waals surface area contributed by atoms with E-state index >= 15 is 0 Å². The molecule has 0 N–H and O–H groups in total. The van der Waals surface area contributed by atoms with Crippen LogP contribution in [0.25, 0.3) is 138 Å². The molecule has 0 radical (unpaired) electrons. The van der Waals surface area contributed by atoms with Crippen LogP contribution in [0, 0.1) is 23.9 Å². The molecule has 5 aromatic heterocycles. The molecule has 17 aromatic rings. The van der Waals surface area contributed by atoms with Gasteiger partial charge in [0.2, 0.25) is 0 Å². The summed E-state index contributed by atoms with van der Waals surface area (Å²) < 4.78 is 38.3. The van der Waals surface area contributed by atoms with E-state index in [0.717, 1.165) is 127 Å².